The van der Waals surface area contributed by atoms with Gasteiger partial charge in [0.15, 0.2) is 5.71 Å². The van der Waals surface area contributed by atoms with E-state index in [1.165, 1.54) is 12.3 Å². The molecule has 2 aliphatic heterocycles. The standard InChI is InChI=1S/C26H32F3N3O3/c1-18-5-4-12-30-24(23(34)15-18)25(35)31-21-10-13-32(14-11-21)17-22(33)9-3-7-19-6-2-8-20(16-19)26(27,28)29/h2,4,6,8,12,15-16,18,21,34H,3,5,7,9-11,13-14,17H2,1H3,(H,31,35)/b12-4+,23-15+,30-24-/t18-/m1/s1. The molecule has 1 aromatic carbocycles. The van der Waals surface area contributed by atoms with Crippen LogP contribution in [-0.4, -0.2) is 53.1 Å². The number of aliphatic hydroxyl groups is 1. The van der Waals surface area contributed by atoms with Crippen molar-refractivity contribution in [2.24, 2.45) is 10.9 Å². The van der Waals surface area contributed by atoms with E-state index in [0.717, 1.165) is 18.6 Å². The summed E-state index contributed by atoms with van der Waals surface area (Å²) < 4.78 is 38.5. The first-order valence-electron chi connectivity index (χ1n) is 12.0. The third-order valence-electron chi connectivity index (χ3n) is 6.22. The molecule has 2 N–H and O–H groups in total. The molecule has 2 heterocycles. The molecule has 3 rings (SSSR count). The lowest BCUT2D eigenvalue weighted by atomic mass is 10.0. The second kappa shape index (κ2) is 12.2. The van der Waals surface area contributed by atoms with E-state index < -0.39 is 17.6 Å². The first kappa shape index (κ1) is 26.7. The maximum absolute atomic E-state index is 12.8. The van der Waals surface area contributed by atoms with Crippen LogP contribution in [0.15, 0.2) is 53.4 Å². The molecular weight excluding hydrogens is 459 g/mol. The molecule has 6 nitrogen and oxygen atoms in total. The Hall–Kier alpha value is -2.94. The van der Waals surface area contributed by atoms with Crippen LogP contribution in [0.3, 0.4) is 0 Å². The fraction of sp³-hybridized carbons (Fsp3) is 0.500. The van der Waals surface area contributed by atoms with Gasteiger partial charge in [0.05, 0.1) is 12.1 Å². The van der Waals surface area contributed by atoms with Crippen LogP contribution in [0.2, 0.25) is 0 Å². The predicted molar refractivity (Wildman–Crippen MR) is 128 cm³/mol. The number of ketones is 1. The van der Waals surface area contributed by atoms with Crippen LogP contribution >= 0.6 is 0 Å². The summed E-state index contributed by atoms with van der Waals surface area (Å²) in [4.78, 5) is 31.1. The molecule has 1 aromatic rings. The van der Waals surface area contributed by atoms with Crippen LogP contribution in [0, 0.1) is 5.92 Å². The van der Waals surface area contributed by atoms with Gasteiger partial charge in [-0.05, 0) is 55.7 Å². The molecule has 190 valence electrons. The van der Waals surface area contributed by atoms with Crippen LogP contribution < -0.4 is 5.32 Å². The molecule has 0 bridgehead atoms. The third kappa shape index (κ3) is 8.35. The number of aliphatic imine (C=N–C) groups is 1. The van der Waals surface area contributed by atoms with Gasteiger partial charge in [0, 0.05) is 31.8 Å². The molecule has 35 heavy (non-hydrogen) atoms. The Balaban J connectivity index is 1.39. The van der Waals surface area contributed by atoms with Crippen molar-refractivity contribution in [3.63, 3.8) is 0 Å². The van der Waals surface area contributed by atoms with Gasteiger partial charge in [-0.3, -0.25) is 14.5 Å². The first-order chi connectivity index (χ1) is 16.6. The number of allylic oxidation sites excluding steroid dienone is 2. The maximum Gasteiger partial charge on any atom is 0.416 e. The van der Waals surface area contributed by atoms with Crippen molar-refractivity contribution < 1.29 is 27.9 Å². The van der Waals surface area contributed by atoms with Crippen LogP contribution in [0.1, 0.15) is 50.2 Å². The molecule has 1 atom stereocenters. The molecule has 0 spiro atoms. The number of likely N-dealkylation sites (tertiary alicyclic amines) is 1. The number of amides is 1. The largest absolute Gasteiger partial charge is 0.506 e. The van der Waals surface area contributed by atoms with E-state index in [1.807, 2.05) is 17.9 Å². The highest BCUT2D eigenvalue weighted by Crippen LogP contribution is 2.29. The van der Waals surface area contributed by atoms with Crippen molar-refractivity contribution in [3.8, 4) is 0 Å². The van der Waals surface area contributed by atoms with E-state index in [0.29, 0.717) is 57.3 Å². The second-order valence-electron chi connectivity index (χ2n) is 9.24. The third-order valence-corrected chi connectivity index (χ3v) is 6.22. The topological polar surface area (TPSA) is 82.0 Å². The summed E-state index contributed by atoms with van der Waals surface area (Å²) in [6.45, 7) is 3.54. The Bertz CT molecular complexity index is 993. The lowest BCUT2D eigenvalue weighted by molar-refractivity contribution is -0.137. The minimum absolute atomic E-state index is 0.00572. The summed E-state index contributed by atoms with van der Waals surface area (Å²) in [5, 5.41) is 13.1. The van der Waals surface area contributed by atoms with Crippen molar-refractivity contribution in [2.45, 2.75) is 57.7 Å². The summed E-state index contributed by atoms with van der Waals surface area (Å²) in [6, 6.07) is 5.15. The zero-order valence-electron chi connectivity index (χ0n) is 19.9. The number of rotatable bonds is 8. The molecule has 0 radical (unpaired) electrons. The minimum atomic E-state index is -4.37. The Morgan fingerprint density at radius 1 is 1.23 bits per heavy atom. The quantitative estimate of drug-likeness (QED) is 0.556. The molecule has 2 aliphatic rings. The average molecular weight is 492 g/mol. The molecular formula is C26H32F3N3O3. The van der Waals surface area contributed by atoms with E-state index in [1.54, 1.807) is 12.1 Å². The number of carbonyl (C=O) groups excluding carboxylic acids is 2. The summed E-state index contributed by atoms with van der Waals surface area (Å²) in [5.74, 6) is -0.371. The van der Waals surface area contributed by atoms with Gasteiger partial charge in [0.2, 0.25) is 0 Å². The molecule has 0 saturated carbocycles. The zero-order valence-corrected chi connectivity index (χ0v) is 19.9. The van der Waals surface area contributed by atoms with Crippen molar-refractivity contribution in [2.75, 3.05) is 19.6 Å². The summed E-state index contributed by atoms with van der Waals surface area (Å²) in [5.41, 5.74) is -0.0924. The summed E-state index contributed by atoms with van der Waals surface area (Å²) in [6.07, 6.45) is 3.97. The Labute approximate surface area is 203 Å². The van der Waals surface area contributed by atoms with Gasteiger partial charge in [-0.15, -0.1) is 0 Å². The number of hydrogen-bond acceptors (Lipinski definition) is 5. The van der Waals surface area contributed by atoms with Crippen molar-refractivity contribution in [1.82, 2.24) is 10.2 Å². The average Bonchev–Trinajstić information content (AvgIpc) is 2.78. The van der Waals surface area contributed by atoms with E-state index in [9.17, 15) is 27.9 Å². The van der Waals surface area contributed by atoms with Gasteiger partial charge >= 0.3 is 6.18 Å². The highest BCUT2D eigenvalue weighted by atomic mass is 19.4. The molecule has 1 amide bonds. The Kier molecular flexibility index (Phi) is 9.26. The number of halogens is 3. The summed E-state index contributed by atoms with van der Waals surface area (Å²) >= 11 is 0. The zero-order chi connectivity index (χ0) is 25.4. The minimum Gasteiger partial charge on any atom is -0.506 e. The lowest BCUT2D eigenvalue weighted by Crippen LogP contribution is -2.47. The van der Waals surface area contributed by atoms with E-state index in [4.69, 9.17) is 0 Å². The van der Waals surface area contributed by atoms with E-state index >= 15 is 0 Å². The van der Waals surface area contributed by atoms with Crippen LogP contribution in [0.25, 0.3) is 0 Å². The fourth-order valence-corrected chi connectivity index (χ4v) is 4.27. The summed E-state index contributed by atoms with van der Waals surface area (Å²) in [7, 11) is 0. The van der Waals surface area contributed by atoms with Crippen molar-refractivity contribution in [1.29, 1.82) is 0 Å². The first-order valence-corrected chi connectivity index (χ1v) is 12.0. The normalized spacial score (nSPS) is 23.8. The monoisotopic (exact) mass is 491 g/mol. The molecule has 0 aliphatic carbocycles. The fourth-order valence-electron chi connectivity index (χ4n) is 4.27. The molecule has 0 aromatic heterocycles. The smallest absolute Gasteiger partial charge is 0.416 e. The molecule has 0 unspecified atom stereocenters. The molecule has 1 saturated heterocycles. The van der Waals surface area contributed by atoms with E-state index in [-0.39, 0.29) is 29.2 Å². The number of Topliss-reactive ketones (excluding diaryl/α,β-unsaturated/α-hetero) is 1. The van der Waals surface area contributed by atoms with E-state index in [2.05, 4.69) is 10.3 Å². The number of carbonyl (C=O) groups is 2. The SMILES string of the molecule is C[C@H]1\C=C(O)/C(C(=O)NC2CCN(CC(=O)CCCc3cccc(C(F)(F)F)c3)CC2)=N/C=C/C1. The maximum atomic E-state index is 12.8. The highest BCUT2D eigenvalue weighted by Gasteiger charge is 2.30. The van der Waals surface area contributed by atoms with Gasteiger partial charge in [-0.25, -0.2) is 4.99 Å². The van der Waals surface area contributed by atoms with Gasteiger partial charge in [-0.2, -0.15) is 13.2 Å². The Morgan fingerprint density at radius 3 is 2.69 bits per heavy atom. The van der Waals surface area contributed by atoms with Gasteiger partial charge in [-0.1, -0.05) is 31.2 Å². The van der Waals surface area contributed by atoms with Gasteiger partial charge in [0.1, 0.15) is 11.5 Å². The molecule has 1 fully saturated rings. The van der Waals surface area contributed by atoms with Crippen LogP contribution in [-0.2, 0) is 22.2 Å². The van der Waals surface area contributed by atoms with Gasteiger partial charge < -0.3 is 10.4 Å². The number of nitrogens with one attached hydrogen (secondary N) is 1. The number of alkyl halides is 3. The van der Waals surface area contributed by atoms with Crippen molar-refractivity contribution >= 4 is 17.4 Å². The number of benzene rings is 1. The predicted octanol–water partition coefficient (Wildman–Crippen LogP) is 4.61. The van der Waals surface area contributed by atoms with Crippen LogP contribution in [0.5, 0.6) is 0 Å². The van der Waals surface area contributed by atoms with Crippen LogP contribution in [0.4, 0.5) is 13.2 Å². The molecule has 9 heteroatoms. The number of nitrogens with zero attached hydrogens (tertiary/aromatic N) is 2. The Morgan fingerprint density at radius 2 is 1.97 bits per heavy atom. The number of hydrogen-bond donors (Lipinski definition) is 2. The van der Waals surface area contributed by atoms with Gasteiger partial charge in [0.25, 0.3) is 5.91 Å². The van der Waals surface area contributed by atoms with Crippen molar-refractivity contribution in [3.05, 3.63) is 59.5 Å². The second-order valence-corrected chi connectivity index (χ2v) is 9.24. The number of piperidine rings is 1. The lowest BCUT2D eigenvalue weighted by Gasteiger charge is -2.32. The number of aryl methyl sites for hydroxylation is 1. The highest BCUT2D eigenvalue weighted by molar-refractivity contribution is 6.44. The number of aliphatic hydroxyl groups excluding tert-OH is 1.